The first kappa shape index (κ1) is 16.3. The molecule has 3 heterocycles. The van der Waals surface area contributed by atoms with Crippen LogP contribution in [0.4, 0.5) is 10.6 Å². The van der Waals surface area contributed by atoms with Crippen LogP contribution in [-0.2, 0) is 9.53 Å². The van der Waals surface area contributed by atoms with Crippen LogP contribution in [0.5, 0.6) is 0 Å². The maximum absolute atomic E-state index is 12.9. The van der Waals surface area contributed by atoms with Gasteiger partial charge in [0.05, 0.1) is 0 Å². The number of hydrogen-bond donors (Lipinski definition) is 0. The minimum Gasteiger partial charge on any atom is -0.444 e. The average Bonchev–Trinajstić information content (AvgIpc) is 2.84. The average molecular weight is 327 g/mol. The van der Waals surface area contributed by atoms with Crippen molar-refractivity contribution in [1.82, 2.24) is 9.88 Å². The van der Waals surface area contributed by atoms with Gasteiger partial charge in [0.25, 0.3) is 5.91 Å². The number of anilines is 1. The molecule has 6 nitrogen and oxygen atoms in total. The van der Waals surface area contributed by atoms with Crippen LogP contribution in [-0.4, -0.2) is 46.1 Å². The lowest BCUT2D eigenvalue weighted by molar-refractivity contribution is -0.123. The fraction of sp³-hybridized carbons (Fsp3) is 0.500. The normalized spacial score (nSPS) is 26.2. The Morgan fingerprint density at radius 1 is 1.42 bits per heavy atom. The number of ether oxygens (including phenoxy) is 1. The summed E-state index contributed by atoms with van der Waals surface area (Å²) in [4.78, 5) is 32.8. The van der Waals surface area contributed by atoms with Crippen molar-refractivity contribution in [3.05, 3.63) is 24.4 Å². The molecular weight excluding hydrogens is 306 g/mol. The zero-order chi connectivity index (χ0) is 17.5. The first-order chi connectivity index (χ1) is 11.3. The van der Waals surface area contributed by atoms with Crippen LogP contribution in [0.3, 0.4) is 0 Å². The summed E-state index contributed by atoms with van der Waals surface area (Å²) in [7, 11) is 0. The Morgan fingerprint density at radius 2 is 2.17 bits per heavy atom. The van der Waals surface area contributed by atoms with Crippen LogP contribution < -0.4 is 4.90 Å². The third-order valence-corrected chi connectivity index (χ3v) is 4.28. The molecule has 126 valence electrons. The molecule has 0 spiro atoms. The van der Waals surface area contributed by atoms with E-state index in [1.807, 2.05) is 6.07 Å². The Labute approximate surface area is 141 Å². The first-order valence-electron chi connectivity index (χ1n) is 8.01. The SMILES string of the molecule is C#C[C@H]1[C@H]2C[C@H](C(=O)N(c3ccccn3)C2)N1C(=O)OC(C)(C)C. The molecule has 2 saturated heterocycles. The molecule has 2 aliphatic heterocycles. The van der Waals surface area contributed by atoms with E-state index in [0.29, 0.717) is 18.8 Å². The van der Waals surface area contributed by atoms with Gasteiger partial charge < -0.3 is 4.74 Å². The van der Waals surface area contributed by atoms with E-state index in [-0.39, 0.29) is 11.8 Å². The van der Waals surface area contributed by atoms with Gasteiger partial charge >= 0.3 is 6.09 Å². The van der Waals surface area contributed by atoms with E-state index in [1.165, 1.54) is 4.90 Å². The van der Waals surface area contributed by atoms with Gasteiger partial charge in [-0.3, -0.25) is 14.6 Å². The van der Waals surface area contributed by atoms with Crippen LogP contribution in [0.15, 0.2) is 24.4 Å². The monoisotopic (exact) mass is 327 g/mol. The minimum atomic E-state index is -0.642. The number of likely N-dealkylation sites (tertiary alicyclic amines) is 1. The Bertz CT molecular complexity index is 690. The molecule has 0 radical (unpaired) electrons. The molecule has 2 aliphatic rings. The van der Waals surface area contributed by atoms with Crippen molar-refractivity contribution in [2.45, 2.75) is 44.9 Å². The molecule has 6 heteroatoms. The first-order valence-corrected chi connectivity index (χ1v) is 8.01. The predicted octanol–water partition coefficient (Wildman–Crippen LogP) is 2.06. The maximum Gasteiger partial charge on any atom is 0.412 e. The van der Waals surface area contributed by atoms with E-state index in [1.54, 1.807) is 44.0 Å². The standard InChI is InChI=1S/C18H21N3O3/c1-5-13-12-10-14(21(13)17(23)24-18(2,3)4)16(22)20(11-12)15-8-6-7-9-19-15/h1,6-9,12-14H,10-11H2,2-4H3/t12-,13-,14+/m0/s1. The van der Waals surface area contributed by atoms with Crippen LogP contribution >= 0.6 is 0 Å². The largest absolute Gasteiger partial charge is 0.444 e. The number of carbonyl (C=O) groups excluding carboxylic acids is 2. The van der Waals surface area contributed by atoms with Crippen LogP contribution in [0.1, 0.15) is 27.2 Å². The number of fused-ring (bicyclic) bond motifs is 2. The summed E-state index contributed by atoms with van der Waals surface area (Å²) in [6, 6.07) is 4.37. The summed E-state index contributed by atoms with van der Waals surface area (Å²) < 4.78 is 5.46. The minimum absolute atomic E-state index is 0.0206. The number of pyridine rings is 1. The van der Waals surface area contributed by atoms with Crippen LogP contribution in [0, 0.1) is 18.3 Å². The van der Waals surface area contributed by atoms with Crippen molar-refractivity contribution in [3.8, 4) is 12.3 Å². The Hall–Kier alpha value is -2.55. The van der Waals surface area contributed by atoms with E-state index in [0.717, 1.165) is 0 Å². The third kappa shape index (κ3) is 2.82. The molecule has 3 atom stereocenters. The number of terminal acetylenes is 1. The van der Waals surface area contributed by atoms with Crippen molar-refractivity contribution in [1.29, 1.82) is 0 Å². The summed E-state index contributed by atoms with van der Waals surface area (Å²) in [5, 5.41) is 0. The molecule has 0 unspecified atom stereocenters. The van der Waals surface area contributed by atoms with Crippen molar-refractivity contribution in [2.24, 2.45) is 5.92 Å². The summed E-state index contributed by atoms with van der Waals surface area (Å²) in [6.45, 7) is 5.83. The molecule has 0 aromatic carbocycles. The quantitative estimate of drug-likeness (QED) is 0.741. The van der Waals surface area contributed by atoms with Crippen molar-refractivity contribution >= 4 is 17.8 Å². The molecule has 24 heavy (non-hydrogen) atoms. The number of rotatable bonds is 1. The van der Waals surface area contributed by atoms with Crippen LogP contribution in [0.25, 0.3) is 0 Å². The van der Waals surface area contributed by atoms with E-state index in [9.17, 15) is 9.59 Å². The second-order valence-corrected chi connectivity index (χ2v) is 7.15. The fourth-order valence-corrected chi connectivity index (χ4v) is 3.34. The number of carbonyl (C=O) groups is 2. The fourth-order valence-electron chi connectivity index (χ4n) is 3.34. The van der Waals surface area contributed by atoms with E-state index in [2.05, 4.69) is 10.9 Å². The zero-order valence-electron chi connectivity index (χ0n) is 14.1. The molecule has 0 saturated carbocycles. The van der Waals surface area contributed by atoms with Gasteiger partial charge in [0.1, 0.15) is 23.5 Å². The molecule has 2 fully saturated rings. The Morgan fingerprint density at radius 3 is 2.75 bits per heavy atom. The number of nitrogens with zero attached hydrogens (tertiary/aromatic N) is 3. The smallest absolute Gasteiger partial charge is 0.412 e. The molecule has 1 aromatic rings. The van der Waals surface area contributed by atoms with Gasteiger partial charge in [0.2, 0.25) is 0 Å². The molecule has 3 rings (SSSR count). The van der Waals surface area contributed by atoms with Gasteiger partial charge in [-0.25, -0.2) is 9.78 Å². The van der Waals surface area contributed by atoms with E-state index < -0.39 is 23.8 Å². The number of aromatic nitrogens is 1. The molecular formula is C18H21N3O3. The van der Waals surface area contributed by atoms with Crippen molar-refractivity contribution in [2.75, 3.05) is 11.4 Å². The van der Waals surface area contributed by atoms with E-state index in [4.69, 9.17) is 11.2 Å². The summed E-state index contributed by atoms with van der Waals surface area (Å²) in [5.74, 6) is 3.11. The zero-order valence-corrected chi connectivity index (χ0v) is 14.1. The lowest BCUT2D eigenvalue weighted by Gasteiger charge is -2.32. The highest BCUT2D eigenvalue weighted by Crippen LogP contribution is 2.38. The number of amides is 2. The van der Waals surface area contributed by atoms with Gasteiger partial charge in [0.15, 0.2) is 0 Å². The van der Waals surface area contributed by atoms with Crippen molar-refractivity contribution in [3.63, 3.8) is 0 Å². The lowest BCUT2D eigenvalue weighted by Crippen LogP contribution is -2.50. The van der Waals surface area contributed by atoms with E-state index >= 15 is 0 Å². The molecule has 2 bridgehead atoms. The Balaban J connectivity index is 1.90. The molecule has 0 aliphatic carbocycles. The van der Waals surface area contributed by atoms with Gasteiger partial charge in [-0.05, 0) is 39.3 Å². The highest BCUT2D eigenvalue weighted by molar-refractivity contribution is 5.99. The Kier molecular flexibility index (Phi) is 3.96. The highest BCUT2D eigenvalue weighted by Gasteiger charge is 2.53. The second-order valence-electron chi connectivity index (χ2n) is 7.15. The third-order valence-electron chi connectivity index (χ3n) is 4.28. The van der Waals surface area contributed by atoms with Gasteiger partial charge in [-0.1, -0.05) is 12.0 Å². The molecule has 0 N–H and O–H groups in total. The van der Waals surface area contributed by atoms with Gasteiger partial charge in [-0.2, -0.15) is 0 Å². The summed E-state index contributed by atoms with van der Waals surface area (Å²) >= 11 is 0. The maximum atomic E-state index is 12.9. The summed E-state index contributed by atoms with van der Waals surface area (Å²) in [5.41, 5.74) is -0.642. The van der Waals surface area contributed by atoms with Gasteiger partial charge in [0, 0.05) is 18.7 Å². The number of hydrogen-bond acceptors (Lipinski definition) is 4. The predicted molar refractivity (Wildman–Crippen MR) is 89.2 cm³/mol. The molecule has 2 amide bonds. The lowest BCUT2D eigenvalue weighted by atomic mass is 9.95. The topological polar surface area (TPSA) is 62.7 Å². The summed E-state index contributed by atoms with van der Waals surface area (Å²) in [6.07, 6.45) is 7.34. The second kappa shape index (κ2) is 5.82. The van der Waals surface area contributed by atoms with Gasteiger partial charge in [-0.15, -0.1) is 6.42 Å². The van der Waals surface area contributed by atoms with Crippen LogP contribution in [0.2, 0.25) is 0 Å². The number of piperidine rings is 1. The highest BCUT2D eigenvalue weighted by atomic mass is 16.6. The molecule has 1 aromatic heterocycles. The van der Waals surface area contributed by atoms with Crippen molar-refractivity contribution < 1.29 is 14.3 Å².